The molecule has 1 N–H and O–H groups in total. The maximum Gasteiger partial charge on any atom is 0.234 e. The van der Waals surface area contributed by atoms with E-state index >= 15 is 0 Å². The maximum absolute atomic E-state index is 12.1. The van der Waals surface area contributed by atoms with Crippen LogP contribution in [0.5, 0.6) is 0 Å². The van der Waals surface area contributed by atoms with Crippen molar-refractivity contribution in [3.05, 3.63) is 12.2 Å². The number of carbonyl (C=O) groups is 1. The Hall–Kier alpha value is -1.43. The first kappa shape index (κ1) is 15.0. The first-order valence-electron chi connectivity index (χ1n) is 7.52. The van der Waals surface area contributed by atoms with Crippen LogP contribution >= 0.6 is 0 Å². The minimum absolute atomic E-state index is 0.0704. The highest BCUT2D eigenvalue weighted by molar-refractivity contribution is 5.78. The number of aromatic nitrogens is 3. The first-order valence-corrected chi connectivity index (χ1v) is 7.52. The summed E-state index contributed by atoms with van der Waals surface area (Å²) in [6, 6.07) is -0.107. The molecule has 2 heterocycles. The number of carbonyl (C=O) groups excluding carboxylic acids is 1. The van der Waals surface area contributed by atoms with E-state index in [1.807, 2.05) is 18.5 Å². The zero-order chi connectivity index (χ0) is 14.4. The molecule has 1 fully saturated rings. The predicted octanol–water partition coefficient (Wildman–Crippen LogP) is 1.26. The standard InChI is InChI=1S/C14H25N5O/c1-12(14-17-15-11-18(14)2)16-13(20)10-19-8-6-4-3-5-7-9-19/h11-12H,3-10H2,1-2H3,(H,16,20). The van der Waals surface area contributed by atoms with Crippen molar-refractivity contribution in [2.75, 3.05) is 19.6 Å². The van der Waals surface area contributed by atoms with Gasteiger partial charge in [0, 0.05) is 7.05 Å². The number of nitrogens with zero attached hydrogens (tertiary/aromatic N) is 4. The van der Waals surface area contributed by atoms with Crippen LogP contribution in [0.4, 0.5) is 0 Å². The molecule has 0 bridgehead atoms. The normalized spacial score (nSPS) is 19.1. The summed E-state index contributed by atoms with van der Waals surface area (Å²) in [4.78, 5) is 14.4. The number of rotatable bonds is 4. The Bertz CT molecular complexity index is 423. The highest BCUT2D eigenvalue weighted by atomic mass is 16.2. The molecule has 1 amide bonds. The lowest BCUT2D eigenvalue weighted by atomic mass is 10.1. The van der Waals surface area contributed by atoms with Gasteiger partial charge in [-0.25, -0.2) is 0 Å². The monoisotopic (exact) mass is 279 g/mol. The summed E-state index contributed by atoms with van der Waals surface area (Å²) in [7, 11) is 1.89. The van der Waals surface area contributed by atoms with Gasteiger partial charge in [0.2, 0.25) is 5.91 Å². The largest absolute Gasteiger partial charge is 0.345 e. The maximum atomic E-state index is 12.1. The fraction of sp³-hybridized carbons (Fsp3) is 0.786. The third-order valence-corrected chi connectivity index (χ3v) is 3.83. The van der Waals surface area contributed by atoms with E-state index < -0.39 is 0 Å². The molecule has 1 atom stereocenters. The predicted molar refractivity (Wildman–Crippen MR) is 77.1 cm³/mol. The van der Waals surface area contributed by atoms with Gasteiger partial charge in [-0.15, -0.1) is 10.2 Å². The lowest BCUT2D eigenvalue weighted by Gasteiger charge is -2.24. The molecule has 6 heteroatoms. The molecule has 0 spiro atoms. The second-order valence-corrected chi connectivity index (χ2v) is 5.63. The second-order valence-electron chi connectivity index (χ2n) is 5.63. The highest BCUT2D eigenvalue weighted by Gasteiger charge is 2.17. The van der Waals surface area contributed by atoms with Crippen molar-refractivity contribution in [1.29, 1.82) is 0 Å². The molecule has 1 unspecified atom stereocenters. The van der Waals surface area contributed by atoms with Gasteiger partial charge in [-0.1, -0.05) is 19.3 Å². The third-order valence-electron chi connectivity index (χ3n) is 3.83. The van der Waals surface area contributed by atoms with Crippen LogP contribution in [0.1, 0.15) is 50.9 Å². The molecular weight excluding hydrogens is 254 g/mol. The third kappa shape index (κ3) is 4.30. The molecule has 6 nitrogen and oxygen atoms in total. The molecule has 0 radical (unpaired) electrons. The summed E-state index contributed by atoms with van der Waals surface area (Å²) in [5.41, 5.74) is 0. The molecular formula is C14H25N5O. The van der Waals surface area contributed by atoms with Crippen molar-refractivity contribution in [3.8, 4) is 0 Å². The van der Waals surface area contributed by atoms with Gasteiger partial charge in [0.05, 0.1) is 12.6 Å². The molecule has 1 aromatic rings. The van der Waals surface area contributed by atoms with Gasteiger partial charge < -0.3 is 9.88 Å². The summed E-state index contributed by atoms with van der Waals surface area (Å²) in [6.07, 6.45) is 7.96. The average Bonchev–Trinajstić information content (AvgIpc) is 2.78. The zero-order valence-corrected chi connectivity index (χ0v) is 12.5. The number of aryl methyl sites for hydroxylation is 1. The Morgan fingerprint density at radius 3 is 2.55 bits per heavy atom. The van der Waals surface area contributed by atoms with Crippen molar-refractivity contribution < 1.29 is 4.79 Å². The van der Waals surface area contributed by atoms with Crippen molar-refractivity contribution >= 4 is 5.91 Å². The van der Waals surface area contributed by atoms with Gasteiger partial charge in [-0.3, -0.25) is 9.69 Å². The smallest absolute Gasteiger partial charge is 0.234 e. The minimum Gasteiger partial charge on any atom is -0.345 e. The summed E-state index contributed by atoms with van der Waals surface area (Å²) < 4.78 is 1.83. The van der Waals surface area contributed by atoms with Crippen LogP contribution in [-0.4, -0.2) is 45.2 Å². The Labute approximate surface area is 120 Å². The molecule has 0 saturated carbocycles. The molecule has 1 aliphatic heterocycles. The average molecular weight is 279 g/mol. The number of amides is 1. The molecule has 1 saturated heterocycles. The van der Waals surface area contributed by atoms with E-state index in [0.717, 1.165) is 18.9 Å². The number of nitrogens with one attached hydrogen (secondary N) is 1. The summed E-state index contributed by atoms with van der Waals surface area (Å²) in [6.45, 7) is 4.50. The zero-order valence-electron chi connectivity index (χ0n) is 12.5. The molecule has 1 aromatic heterocycles. The van der Waals surface area contributed by atoms with Gasteiger partial charge in [0.1, 0.15) is 6.33 Å². The molecule has 0 aromatic carbocycles. The Morgan fingerprint density at radius 2 is 1.95 bits per heavy atom. The molecule has 1 aliphatic rings. The first-order chi connectivity index (χ1) is 9.66. The Morgan fingerprint density at radius 1 is 1.30 bits per heavy atom. The molecule has 20 heavy (non-hydrogen) atoms. The SMILES string of the molecule is CC(NC(=O)CN1CCCCCCC1)c1nncn1C. The molecule has 0 aliphatic carbocycles. The van der Waals surface area contributed by atoms with E-state index in [1.54, 1.807) is 6.33 Å². The fourth-order valence-electron chi connectivity index (χ4n) is 2.71. The van der Waals surface area contributed by atoms with Crippen molar-refractivity contribution in [1.82, 2.24) is 25.0 Å². The van der Waals surface area contributed by atoms with Crippen LogP contribution in [0, 0.1) is 0 Å². The van der Waals surface area contributed by atoms with E-state index in [0.29, 0.717) is 6.54 Å². The fourth-order valence-corrected chi connectivity index (χ4v) is 2.71. The highest BCUT2D eigenvalue weighted by Crippen LogP contribution is 2.11. The van der Waals surface area contributed by atoms with Crippen LogP contribution in [0.3, 0.4) is 0 Å². The minimum atomic E-state index is -0.107. The van der Waals surface area contributed by atoms with Gasteiger partial charge in [0.15, 0.2) is 5.82 Å². The summed E-state index contributed by atoms with van der Waals surface area (Å²) in [5.74, 6) is 0.854. The van der Waals surface area contributed by atoms with Crippen molar-refractivity contribution in [2.45, 2.75) is 45.1 Å². The van der Waals surface area contributed by atoms with E-state index in [4.69, 9.17) is 0 Å². The number of hydrogen-bond acceptors (Lipinski definition) is 4. The second kappa shape index (κ2) is 7.38. The topological polar surface area (TPSA) is 63.1 Å². The van der Waals surface area contributed by atoms with Crippen molar-refractivity contribution in [3.63, 3.8) is 0 Å². The van der Waals surface area contributed by atoms with E-state index in [2.05, 4.69) is 20.4 Å². The van der Waals surface area contributed by atoms with Crippen LogP contribution in [0.2, 0.25) is 0 Å². The quantitative estimate of drug-likeness (QED) is 0.901. The van der Waals surface area contributed by atoms with E-state index in [-0.39, 0.29) is 11.9 Å². The Kier molecular flexibility index (Phi) is 5.52. The van der Waals surface area contributed by atoms with Gasteiger partial charge in [-0.2, -0.15) is 0 Å². The van der Waals surface area contributed by atoms with Crippen LogP contribution in [0.25, 0.3) is 0 Å². The lowest BCUT2D eigenvalue weighted by molar-refractivity contribution is -0.123. The van der Waals surface area contributed by atoms with E-state index in [9.17, 15) is 4.79 Å². The Balaban J connectivity index is 1.80. The van der Waals surface area contributed by atoms with Gasteiger partial charge in [0.25, 0.3) is 0 Å². The number of hydrogen-bond donors (Lipinski definition) is 1. The van der Waals surface area contributed by atoms with Crippen LogP contribution in [-0.2, 0) is 11.8 Å². The number of likely N-dealkylation sites (tertiary alicyclic amines) is 1. The van der Waals surface area contributed by atoms with E-state index in [1.165, 1.54) is 32.1 Å². The molecule has 2 rings (SSSR count). The van der Waals surface area contributed by atoms with Crippen molar-refractivity contribution in [2.24, 2.45) is 7.05 Å². The van der Waals surface area contributed by atoms with Crippen LogP contribution < -0.4 is 5.32 Å². The lowest BCUT2D eigenvalue weighted by Crippen LogP contribution is -2.40. The van der Waals surface area contributed by atoms with Crippen LogP contribution in [0.15, 0.2) is 6.33 Å². The molecule has 112 valence electrons. The van der Waals surface area contributed by atoms with Gasteiger partial charge in [-0.05, 0) is 32.9 Å². The van der Waals surface area contributed by atoms with Gasteiger partial charge >= 0.3 is 0 Å². The summed E-state index contributed by atoms with van der Waals surface area (Å²) in [5, 5.41) is 10.9. The summed E-state index contributed by atoms with van der Waals surface area (Å²) >= 11 is 0.